The third-order valence-electron chi connectivity index (χ3n) is 3.23. The molecule has 4 aromatic rings. The highest BCUT2D eigenvalue weighted by atomic mass is 16.5. The van der Waals surface area contributed by atoms with E-state index in [4.69, 9.17) is 8.94 Å². The molecule has 1 aromatic carbocycles. The van der Waals surface area contributed by atoms with E-state index in [9.17, 15) is 0 Å². The lowest BCUT2D eigenvalue weighted by Crippen LogP contribution is -1.87. The highest BCUT2D eigenvalue weighted by Crippen LogP contribution is 2.31. The molecule has 0 spiro atoms. The summed E-state index contributed by atoms with van der Waals surface area (Å²) in [6.45, 7) is 1.74. The van der Waals surface area contributed by atoms with E-state index in [0.717, 1.165) is 11.1 Å². The van der Waals surface area contributed by atoms with Crippen molar-refractivity contribution in [3.63, 3.8) is 0 Å². The maximum absolute atomic E-state index is 5.50. The zero-order chi connectivity index (χ0) is 15.6. The third-order valence-corrected chi connectivity index (χ3v) is 3.23. The van der Waals surface area contributed by atoms with Crippen LogP contribution in [0.15, 0.2) is 57.6 Å². The van der Waals surface area contributed by atoms with Crippen molar-refractivity contribution in [1.82, 2.24) is 25.3 Å². The Kier molecular flexibility index (Phi) is 3.16. The normalized spacial score (nSPS) is 10.8. The van der Waals surface area contributed by atoms with E-state index >= 15 is 0 Å². The molecule has 0 fully saturated rings. The first-order chi connectivity index (χ1) is 11.3. The molecular formula is C16H11N5O2. The molecule has 0 saturated carbocycles. The average Bonchev–Trinajstić information content (AvgIpc) is 3.25. The van der Waals surface area contributed by atoms with Crippen molar-refractivity contribution < 1.29 is 8.94 Å². The number of pyridine rings is 1. The highest BCUT2D eigenvalue weighted by Gasteiger charge is 2.18. The Morgan fingerprint density at radius 2 is 1.65 bits per heavy atom. The molecule has 0 atom stereocenters. The summed E-state index contributed by atoms with van der Waals surface area (Å²) in [6.07, 6.45) is 1.68. The lowest BCUT2D eigenvalue weighted by atomic mass is 10.1. The molecule has 0 radical (unpaired) electrons. The second-order valence-corrected chi connectivity index (χ2v) is 4.81. The van der Waals surface area contributed by atoms with Gasteiger partial charge in [-0.05, 0) is 24.3 Å². The van der Waals surface area contributed by atoms with E-state index in [1.807, 2.05) is 42.5 Å². The predicted octanol–water partition coefficient (Wildman–Crippen LogP) is 3.16. The van der Waals surface area contributed by atoms with Crippen LogP contribution in [0.25, 0.3) is 34.4 Å². The fourth-order valence-corrected chi connectivity index (χ4v) is 2.19. The van der Waals surface area contributed by atoms with Crippen molar-refractivity contribution in [2.45, 2.75) is 6.92 Å². The molecule has 0 saturated heterocycles. The van der Waals surface area contributed by atoms with Gasteiger partial charge >= 0.3 is 0 Å². The summed E-state index contributed by atoms with van der Waals surface area (Å²) in [6, 6.07) is 13.0. The molecular weight excluding hydrogens is 294 g/mol. The van der Waals surface area contributed by atoms with Crippen LogP contribution in [0.4, 0.5) is 0 Å². The minimum atomic E-state index is 0.372. The Bertz CT molecular complexity index is 946. The van der Waals surface area contributed by atoms with Crippen LogP contribution < -0.4 is 0 Å². The zero-order valence-corrected chi connectivity index (χ0v) is 12.2. The van der Waals surface area contributed by atoms with Crippen LogP contribution in [0.1, 0.15) is 5.89 Å². The second kappa shape index (κ2) is 5.45. The Hall–Kier alpha value is -3.35. The highest BCUT2D eigenvalue weighted by molar-refractivity contribution is 5.75. The van der Waals surface area contributed by atoms with Crippen LogP contribution in [-0.2, 0) is 0 Å². The zero-order valence-electron chi connectivity index (χ0n) is 12.2. The molecule has 0 aliphatic carbocycles. The van der Waals surface area contributed by atoms with Crippen molar-refractivity contribution >= 4 is 0 Å². The molecule has 0 unspecified atom stereocenters. The van der Waals surface area contributed by atoms with E-state index in [0.29, 0.717) is 29.2 Å². The summed E-state index contributed by atoms with van der Waals surface area (Å²) < 4.78 is 10.9. The molecule has 7 nitrogen and oxygen atoms in total. The Morgan fingerprint density at radius 3 is 2.35 bits per heavy atom. The van der Waals surface area contributed by atoms with E-state index < -0.39 is 0 Å². The molecule has 112 valence electrons. The number of aromatic nitrogens is 5. The topological polar surface area (TPSA) is 90.7 Å². The summed E-state index contributed by atoms with van der Waals surface area (Å²) in [7, 11) is 0. The summed E-state index contributed by atoms with van der Waals surface area (Å²) in [5.74, 6) is 1.71. The van der Waals surface area contributed by atoms with Crippen LogP contribution in [0.2, 0.25) is 0 Å². The predicted molar refractivity (Wildman–Crippen MR) is 81.0 cm³/mol. The molecule has 0 amide bonds. The van der Waals surface area contributed by atoms with Gasteiger partial charge < -0.3 is 8.94 Å². The molecule has 3 heterocycles. The molecule has 7 heteroatoms. The lowest BCUT2D eigenvalue weighted by Gasteiger charge is -2.00. The summed E-state index contributed by atoms with van der Waals surface area (Å²) in [5, 5.41) is 11.9. The van der Waals surface area contributed by atoms with Crippen molar-refractivity contribution in [2.75, 3.05) is 0 Å². The number of benzene rings is 1. The van der Waals surface area contributed by atoms with Crippen LogP contribution in [0, 0.1) is 6.92 Å². The van der Waals surface area contributed by atoms with Gasteiger partial charge in [-0.25, -0.2) is 0 Å². The van der Waals surface area contributed by atoms with Gasteiger partial charge in [0.05, 0.1) is 11.1 Å². The van der Waals surface area contributed by atoms with E-state index in [1.54, 1.807) is 13.1 Å². The molecule has 0 bridgehead atoms. The minimum absolute atomic E-state index is 0.372. The number of aryl methyl sites for hydroxylation is 1. The van der Waals surface area contributed by atoms with Gasteiger partial charge in [0.2, 0.25) is 17.6 Å². The Balaban J connectivity index is 1.79. The molecule has 0 aliphatic heterocycles. The van der Waals surface area contributed by atoms with Crippen molar-refractivity contribution in [2.24, 2.45) is 0 Å². The summed E-state index contributed by atoms with van der Waals surface area (Å²) in [5.41, 5.74) is 2.11. The Morgan fingerprint density at radius 1 is 0.870 bits per heavy atom. The quantitative estimate of drug-likeness (QED) is 0.574. The van der Waals surface area contributed by atoms with Crippen LogP contribution in [-0.4, -0.2) is 25.3 Å². The van der Waals surface area contributed by atoms with Gasteiger partial charge in [-0.15, -0.1) is 10.2 Å². The smallest absolute Gasteiger partial charge is 0.259 e. The first-order valence-electron chi connectivity index (χ1n) is 6.96. The minimum Gasteiger partial charge on any atom is -0.421 e. The maximum Gasteiger partial charge on any atom is 0.259 e. The largest absolute Gasteiger partial charge is 0.421 e. The molecule has 4 rings (SSSR count). The monoisotopic (exact) mass is 305 g/mol. The van der Waals surface area contributed by atoms with Gasteiger partial charge in [-0.3, -0.25) is 4.98 Å². The summed E-state index contributed by atoms with van der Waals surface area (Å²) in [4.78, 5) is 8.63. The molecule has 23 heavy (non-hydrogen) atoms. The number of nitrogens with zero attached hydrogens (tertiary/aromatic N) is 5. The first kappa shape index (κ1) is 13.3. The second-order valence-electron chi connectivity index (χ2n) is 4.81. The van der Waals surface area contributed by atoms with Crippen molar-refractivity contribution in [1.29, 1.82) is 0 Å². The van der Waals surface area contributed by atoms with Gasteiger partial charge in [-0.1, -0.05) is 23.4 Å². The number of rotatable bonds is 3. The van der Waals surface area contributed by atoms with Crippen LogP contribution in [0.5, 0.6) is 0 Å². The van der Waals surface area contributed by atoms with E-state index in [-0.39, 0.29) is 0 Å². The van der Waals surface area contributed by atoms with Gasteiger partial charge in [0, 0.05) is 13.1 Å². The maximum atomic E-state index is 5.50. The van der Waals surface area contributed by atoms with Gasteiger partial charge in [0.25, 0.3) is 5.89 Å². The van der Waals surface area contributed by atoms with Crippen LogP contribution in [0.3, 0.4) is 0 Å². The lowest BCUT2D eigenvalue weighted by molar-refractivity contribution is 0.432. The molecule has 0 aliphatic rings. The van der Waals surface area contributed by atoms with Gasteiger partial charge in [-0.2, -0.15) is 4.98 Å². The Labute approximate surface area is 131 Å². The average molecular weight is 305 g/mol. The molecule has 3 aromatic heterocycles. The third kappa shape index (κ3) is 2.48. The molecule has 0 N–H and O–H groups in total. The fourth-order valence-electron chi connectivity index (χ4n) is 2.19. The first-order valence-corrected chi connectivity index (χ1v) is 6.96. The van der Waals surface area contributed by atoms with Crippen molar-refractivity contribution in [3.05, 3.63) is 54.6 Å². The van der Waals surface area contributed by atoms with Gasteiger partial charge in [0.1, 0.15) is 5.69 Å². The fraction of sp³-hybridized carbons (Fsp3) is 0.0625. The standard InChI is InChI=1S/C16H11N5O2/c1-10-19-20-16(22-10)12-7-3-2-6-11(12)15-18-14(21-23-15)13-8-4-5-9-17-13/h2-9H,1H3. The van der Waals surface area contributed by atoms with Crippen molar-refractivity contribution in [3.8, 4) is 34.4 Å². The van der Waals surface area contributed by atoms with E-state index in [2.05, 4.69) is 25.3 Å². The summed E-state index contributed by atoms with van der Waals surface area (Å²) >= 11 is 0. The van der Waals surface area contributed by atoms with Gasteiger partial charge in [0.15, 0.2) is 0 Å². The van der Waals surface area contributed by atoms with Crippen LogP contribution >= 0.6 is 0 Å². The van der Waals surface area contributed by atoms with E-state index in [1.165, 1.54) is 0 Å². The number of hydrogen-bond donors (Lipinski definition) is 0. The number of hydrogen-bond acceptors (Lipinski definition) is 7. The SMILES string of the molecule is Cc1nnc(-c2ccccc2-c2nc(-c3ccccn3)no2)o1.